The average molecular weight is 562 g/mol. The van der Waals surface area contributed by atoms with E-state index >= 15 is 0 Å². The molecule has 1 unspecified atom stereocenters. The summed E-state index contributed by atoms with van der Waals surface area (Å²) < 4.78 is 11.7. The zero-order chi connectivity index (χ0) is 25.2. The first kappa shape index (κ1) is 23.8. The van der Waals surface area contributed by atoms with Crippen molar-refractivity contribution >= 4 is 50.4 Å². The smallest absolute Gasteiger partial charge is 0.300 e. The highest BCUT2D eigenvalue weighted by Gasteiger charge is 2.47. The maximum atomic E-state index is 13.3. The third-order valence-corrected chi connectivity index (χ3v) is 7.32. The first-order valence-corrected chi connectivity index (χ1v) is 12.7. The van der Waals surface area contributed by atoms with Crippen LogP contribution in [0.4, 0.5) is 5.69 Å². The average Bonchev–Trinajstić information content (AvgIpc) is 3.52. The number of anilines is 1. The molecule has 8 heteroatoms. The van der Waals surface area contributed by atoms with Gasteiger partial charge in [-0.15, -0.1) is 11.3 Å². The van der Waals surface area contributed by atoms with Crippen LogP contribution in [0.3, 0.4) is 0 Å². The number of aliphatic hydroxyl groups excluding tert-OH is 1. The molecule has 6 nitrogen and oxygen atoms in total. The molecule has 3 aromatic carbocycles. The third-order valence-electron chi connectivity index (χ3n) is 5.78. The van der Waals surface area contributed by atoms with Crippen molar-refractivity contribution in [3.63, 3.8) is 0 Å². The molecule has 1 aliphatic heterocycles. The van der Waals surface area contributed by atoms with Gasteiger partial charge in [0.15, 0.2) is 0 Å². The van der Waals surface area contributed by atoms with Crippen LogP contribution in [0.1, 0.15) is 16.5 Å². The monoisotopic (exact) mass is 561 g/mol. The molecular weight excluding hydrogens is 542 g/mol. The van der Waals surface area contributed by atoms with Crippen LogP contribution in [0.25, 0.3) is 5.76 Å². The summed E-state index contributed by atoms with van der Waals surface area (Å²) in [5.74, 6) is 0.162. The van der Waals surface area contributed by atoms with Crippen LogP contribution in [0.2, 0.25) is 0 Å². The molecular formula is C28H20BrNO5S. The van der Waals surface area contributed by atoms with Gasteiger partial charge < -0.3 is 14.6 Å². The van der Waals surface area contributed by atoms with Crippen molar-refractivity contribution in [3.05, 3.63) is 111 Å². The lowest BCUT2D eigenvalue weighted by Gasteiger charge is -2.24. The van der Waals surface area contributed by atoms with Gasteiger partial charge in [0, 0.05) is 16.1 Å². The zero-order valence-electron chi connectivity index (χ0n) is 19.1. The summed E-state index contributed by atoms with van der Waals surface area (Å²) in [7, 11) is 1.54. The van der Waals surface area contributed by atoms with E-state index in [0.717, 1.165) is 4.88 Å². The summed E-state index contributed by atoms with van der Waals surface area (Å²) in [5.41, 5.74) is 0.948. The Kier molecular flexibility index (Phi) is 6.63. The third kappa shape index (κ3) is 4.41. The Labute approximate surface area is 220 Å². The number of halogens is 1. The van der Waals surface area contributed by atoms with Gasteiger partial charge in [-0.05, 0) is 82.0 Å². The summed E-state index contributed by atoms with van der Waals surface area (Å²) in [6, 6.07) is 24.2. The van der Waals surface area contributed by atoms with Crippen molar-refractivity contribution in [2.75, 3.05) is 12.0 Å². The Hall–Kier alpha value is -3.88. The van der Waals surface area contributed by atoms with Crippen LogP contribution >= 0.6 is 27.3 Å². The number of hydrogen-bond donors (Lipinski definition) is 1. The predicted molar refractivity (Wildman–Crippen MR) is 143 cm³/mol. The zero-order valence-corrected chi connectivity index (χ0v) is 21.5. The molecule has 1 aromatic heterocycles. The highest BCUT2D eigenvalue weighted by molar-refractivity contribution is 9.10. The molecule has 1 fully saturated rings. The lowest BCUT2D eigenvalue weighted by atomic mass is 9.99. The van der Waals surface area contributed by atoms with Gasteiger partial charge in [-0.25, -0.2) is 0 Å². The molecule has 4 aromatic rings. The van der Waals surface area contributed by atoms with Gasteiger partial charge in [-0.2, -0.15) is 0 Å². The van der Waals surface area contributed by atoms with Crippen LogP contribution in [-0.2, 0) is 9.59 Å². The van der Waals surface area contributed by atoms with Gasteiger partial charge >= 0.3 is 0 Å². The molecule has 0 saturated carbocycles. The Morgan fingerprint density at radius 1 is 0.944 bits per heavy atom. The first-order valence-electron chi connectivity index (χ1n) is 11.0. The van der Waals surface area contributed by atoms with Crippen LogP contribution in [0.15, 0.2) is 100 Å². The minimum absolute atomic E-state index is 0.0316. The second-order valence-electron chi connectivity index (χ2n) is 7.94. The minimum atomic E-state index is -0.772. The fraction of sp³-hybridized carbons (Fsp3) is 0.0714. The number of carbonyl (C=O) groups excluding carboxylic acids is 2. The number of aliphatic hydroxyl groups is 1. The number of thiophene rings is 1. The number of rotatable bonds is 6. The van der Waals surface area contributed by atoms with Crippen LogP contribution in [0, 0.1) is 0 Å². The van der Waals surface area contributed by atoms with Gasteiger partial charge in [-0.1, -0.05) is 24.3 Å². The molecule has 0 radical (unpaired) electrons. The lowest BCUT2D eigenvalue weighted by molar-refractivity contribution is -0.132. The van der Waals surface area contributed by atoms with Gasteiger partial charge in [0.25, 0.3) is 11.7 Å². The SMILES string of the molecule is COc1ccc(/C(O)=C2/C(=O)C(=O)N(c3ccc(Oc4ccccc4)cc3)C2c2cccs2)cc1Br. The normalized spacial score (nSPS) is 16.8. The summed E-state index contributed by atoms with van der Waals surface area (Å²) in [5, 5.41) is 13.1. The van der Waals surface area contributed by atoms with E-state index in [0.29, 0.717) is 33.0 Å². The molecule has 180 valence electrons. The Morgan fingerprint density at radius 3 is 2.31 bits per heavy atom. The van der Waals surface area contributed by atoms with Gasteiger partial charge in [0.05, 0.1) is 17.2 Å². The number of carbonyl (C=O) groups is 2. The molecule has 1 N–H and O–H groups in total. The van der Waals surface area contributed by atoms with E-state index in [-0.39, 0.29) is 11.3 Å². The number of Topliss-reactive ketones (excluding diaryl/α,β-unsaturated/α-hetero) is 1. The molecule has 1 amide bonds. The van der Waals surface area contributed by atoms with Crippen LogP contribution < -0.4 is 14.4 Å². The van der Waals surface area contributed by atoms with E-state index in [1.807, 2.05) is 47.8 Å². The molecule has 1 aliphatic rings. The topological polar surface area (TPSA) is 76.1 Å². The van der Waals surface area contributed by atoms with Gasteiger partial charge in [0.2, 0.25) is 0 Å². The number of para-hydroxylation sites is 1. The quantitative estimate of drug-likeness (QED) is 0.157. The molecule has 1 atom stereocenters. The van der Waals surface area contributed by atoms with Crippen molar-refractivity contribution in [1.29, 1.82) is 0 Å². The standard InChI is InChI=1S/C28H20BrNO5S/c1-34-22-14-9-17(16-21(22)29)26(31)24-25(23-8-5-15-36-23)30(28(33)27(24)32)18-10-12-20(13-11-18)35-19-6-3-2-4-7-19/h2-16,25,31H,1H3/b26-24-. The summed E-state index contributed by atoms with van der Waals surface area (Å²) in [6.45, 7) is 0. The molecule has 5 rings (SSSR count). The summed E-state index contributed by atoms with van der Waals surface area (Å²) in [6.07, 6.45) is 0. The van der Waals surface area contributed by atoms with E-state index in [9.17, 15) is 14.7 Å². The maximum Gasteiger partial charge on any atom is 0.300 e. The predicted octanol–water partition coefficient (Wildman–Crippen LogP) is 6.94. The number of hydrogen-bond acceptors (Lipinski definition) is 6. The van der Waals surface area contributed by atoms with Crippen molar-refractivity contribution in [2.45, 2.75) is 6.04 Å². The Bertz CT molecular complexity index is 1450. The largest absolute Gasteiger partial charge is 0.507 e. The van der Waals surface area contributed by atoms with E-state index in [1.54, 1.807) is 42.5 Å². The van der Waals surface area contributed by atoms with Gasteiger partial charge in [-0.3, -0.25) is 14.5 Å². The molecule has 1 saturated heterocycles. The molecule has 2 heterocycles. The van der Waals surface area contributed by atoms with E-state index in [4.69, 9.17) is 9.47 Å². The van der Waals surface area contributed by atoms with E-state index in [1.165, 1.54) is 23.3 Å². The fourth-order valence-electron chi connectivity index (χ4n) is 4.08. The highest BCUT2D eigenvalue weighted by atomic mass is 79.9. The van der Waals surface area contributed by atoms with Crippen molar-refractivity contribution in [1.82, 2.24) is 0 Å². The van der Waals surface area contributed by atoms with Crippen LogP contribution in [0.5, 0.6) is 17.2 Å². The van der Waals surface area contributed by atoms with E-state index < -0.39 is 17.7 Å². The fourth-order valence-corrected chi connectivity index (χ4v) is 5.45. The summed E-state index contributed by atoms with van der Waals surface area (Å²) in [4.78, 5) is 28.7. The first-order chi connectivity index (χ1) is 17.5. The van der Waals surface area contributed by atoms with Gasteiger partial charge in [0.1, 0.15) is 29.0 Å². The van der Waals surface area contributed by atoms with Crippen LogP contribution in [-0.4, -0.2) is 23.9 Å². The second kappa shape index (κ2) is 10.0. The number of amides is 1. The lowest BCUT2D eigenvalue weighted by Crippen LogP contribution is -2.29. The van der Waals surface area contributed by atoms with Crippen molar-refractivity contribution in [3.8, 4) is 17.2 Å². The Morgan fingerprint density at radius 2 is 1.67 bits per heavy atom. The number of nitrogens with zero attached hydrogens (tertiary/aromatic N) is 1. The van der Waals surface area contributed by atoms with Crippen molar-refractivity contribution in [2.24, 2.45) is 0 Å². The van der Waals surface area contributed by atoms with Crippen molar-refractivity contribution < 1.29 is 24.2 Å². The molecule has 36 heavy (non-hydrogen) atoms. The number of benzene rings is 3. The summed E-state index contributed by atoms with van der Waals surface area (Å²) >= 11 is 4.82. The number of ether oxygens (including phenoxy) is 2. The molecule has 0 aliphatic carbocycles. The van der Waals surface area contributed by atoms with E-state index in [2.05, 4.69) is 15.9 Å². The number of ketones is 1. The second-order valence-corrected chi connectivity index (χ2v) is 9.78. The highest BCUT2D eigenvalue weighted by Crippen LogP contribution is 2.44. The number of methoxy groups -OCH3 is 1. The molecule has 0 spiro atoms. The molecule has 0 bridgehead atoms. The maximum absolute atomic E-state index is 13.3. The Balaban J connectivity index is 1.56. The minimum Gasteiger partial charge on any atom is -0.507 e.